The molecule has 0 saturated heterocycles. The van der Waals surface area contributed by atoms with Gasteiger partial charge in [0, 0.05) is 15.7 Å². The Labute approximate surface area is 134 Å². The quantitative estimate of drug-likeness (QED) is 0.726. The molecule has 0 atom stereocenters. The lowest BCUT2D eigenvalue weighted by Gasteiger charge is -2.11. The molecule has 0 fully saturated rings. The minimum atomic E-state index is 0.388. The molecule has 0 aliphatic heterocycles. The zero-order valence-corrected chi connectivity index (χ0v) is 13.4. The highest BCUT2D eigenvalue weighted by molar-refractivity contribution is 9.10. The minimum absolute atomic E-state index is 0.388. The Hall–Kier alpha value is -0.880. The third kappa shape index (κ3) is 4.31. The van der Waals surface area contributed by atoms with Crippen LogP contribution in [0.4, 0.5) is 11.5 Å². The standard InChI is InChI=1S/C12H8BrCl2N3S/c13-7-1-4-11(16-6-7)18-12(19)17-10-5-8(14)2-3-9(10)15/h1-6H,(H2,16,17,18,19). The van der Waals surface area contributed by atoms with E-state index >= 15 is 0 Å². The molecule has 98 valence electrons. The molecule has 0 unspecified atom stereocenters. The summed E-state index contributed by atoms with van der Waals surface area (Å²) in [5, 5.41) is 7.42. The largest absolute Gasteiger partial charge is 0.331 e. The first-order valence-corrected chi connectivity index (χ1v) is 7.15. The van der Waals surface area contributed by atoms with Crippen molar-refractivity contribution in [1.29, 1.82) is 0 Å². The van der Waals surface area contributed by atoms with Crippen LogP contribution >= 0.6 is 51.3 Å². The molecular weight excluding hydrogens is 369 g/mol. The monoisotopic (exact) mass is 375 g/mol. The van der Waals surface area contributed by atoms with Crippen LogP contribution in [0.25, 0.3) is 0 Å². The van der Waals surface area contributed by atoms with Crippen LogP contribution in [-0.4, -0.2) is 10.1 Å². The number of hydrogen-bond acceptors (Lipinski definition) is 2. The zero-order chi connectivity index (χ0) is 13.8. The number of aromatic nitrogens is 1. The average molecular weight is 377 g/mol. The molecule has 2 N–H and O–H groups in total. The number of benzene rings is 1. The molecule has 1 heterocycles. The van der Waals surface area contributed by atoms with Crippen LogP contribution in [0.5, 0.6) is 0 Å². The lowest BCUT2D eigenvalue weighted by atomic mass is 10.3. The van der Waals surface area contributed by atoms with Crippen molar-refractivity contribution in [1.82, 2.24) is 4.98 Å². The summed E-state index contributed by atoms with van der Waals surface area (Å²) in [7, 11) is 0. The molecule has 19 heavy (non-hydrogen) atoms. The van der Waals surface area contributed by atoms with Crippen LogP contribution in [0.2, 0.25) is 10.0 Å². The Kier molecular flexibility index (Phi) is 4.99. The summed E-state index contributed by atoms with van der Waals surface area (Å²) in [5.41, 5.74) is 0.642. The number of hydrogen-bond donors (Lipinski definition) is 2. The van der Waals surface area contributed by atoms with Gasteiger partial charge < -0.3 is 10.6 Å². The van der Waals surface area contributed by atoms with E-state index in [-0.39, 0.29) is 0 Å². The molecule has 0 amide bonds. The number of nitrogens with zero attached hydrogens (tertiary/aromatic N) is 1. The van der Waals surface area contributed by atoms with Gasteiger partial charge in [-0.15, -0.1) is 0 Å². The van der Waals surface area contributed by atoms with Crippen LogP contribution in [-0.2, 0) is 0 Å². The van der Waals surface area contributed by atoms with Crippen molar-refractivity contribution in [3.63, 3.8) is 0 Å². The van der Waals surface area contributed by atoms with Crippen LogP contribution in [0.1, 0.15) is 0 Å². The summed E-state index contributed by atoms with van der Waals surface area (Å²) < 4.78 is 0.898. The minimum Gasteiger partial charge on any atom is -0.331 e. The van der Waals surface area contributed by atoms with Crippen molar-refractivity contribution in [3.05, 3.63) is 51.0 Å². The SMILES string of the molecule is S=C(Nc1ccc(Br)cn1)Nc1cc(Cl)ccc1Cl. The van der Waals surface area contributed by atoms with Crippen LogP contribution in [0.15, 0.2) is 41.0 Å². The second-order valence-corrected chi connectivity index (χ2v) is 5.73. The lowest BCUT2D eigenvalue weighted by Crippen LogP contribution is -2.19. The van der Waals surface area contributed by atoms with Crippen LogP contribution in [0, 0.1) is 0 Å². The maximum Gasteiger partial charge on any atom is 0.176 e. The molecule has 0 spiro atoms. The van der Waals surface area contributed by atoms with E-state index in [4.69, 9.17) is 35.4 Å². The molecule has 0 radical (unpaired) electrons. The van der Waals surface area contributed by atoms with Gasteiger partial charge in [-0.2, -0.15) is 0 Å². The fourth-order valence-electron chi connectivity index (χ4n) is 1.31. The number of rotatable bonds is 2. The fourth-order valence-corrected chi connectivity index (χ4v) is 2.10. The topological polar surface area (TPSA) is 37.0 Å². The van der Waals surface area contributed by atoms with Crippen molar-refractivity contribution in [3.8, 4) is 0 Å². The first-order valence-electron chi connectivity index (χ1n) is 5.19. The first-order chi connectivity index (χ1) is 9.04. The molecular formula is C12H8BrCl2N3S. The summed E-state index contributed by atoms with van der Waals surface area (Å²) in [4.78, 5) is 4.16. The van der Waals surface area contributed by atoms with Crippen molar-refractivity contribution < 1.29 is 0 Å². The Morgan fingerprint density at radius 2 is 1.95 bits per heavy atom. The van der Waals surface area contributed by atoms with Crippen LogP contribution < -0.4 is 10.6 Å². The molecule has 2 rings (SSSR count). The molecule has 1 aromatic heterocycles. The van der Waals surface area contributed by atoms with E-state index < -0.39 is 0 Å². The molecule has 3 nitrogen and oxygen atoms in total. The third-order valence-corrected chi connectivity index (χ3v) is 3.38. The highest BCUT2D eigenvalue weighted by Crippen LogP contribution is 2.25. The second kappa shape index (κ2) is 6.52. The Morgan fingerprint density at radius 3 is 2.63 bits per heavy atom. The number of pyridine rings is 1. The fraction of sp³-hybridized carbons (Fsp3) is 0. The van der Waals surface area contributed by atoms with Crippen LogP contribution in [0.3, 0.4) is 0 Å². The van der Waals surface area contributed by atoms with E-state index in [2.05, 4.69) is 31.5 Å². The summed E-state index contributed by atoms with van der Waals surface area (Å²) >= 11 is 20.4. The normalized spacial score (nSPS) is 10.1. The van der Waals surface area contributed by atoms with Gasteiger partial charge >= 0.3 is 0 Å². The number of halogens is 3. The average Bonchev–Trinajstić information content (AvgIpc) is 2.37. The van der Waals surface area contributed by atoms with Gasteiger partial charge in [0.25, 0.3) is 0 Å². The summed E-state index contributed by atoms with van der Waals surface area (Å²) in [5.74, 6) is 0.638. The molecule has 0 saturated carbocycles. The Bertz CT molecular complexity index is 604. The van der Waals surface area contributed by atoms with E-state index in [1.165, 1.54) is 0 Å². The number of nitrogens with one attached hydrogen (secondary N) is 2. The van der Waals surface area contributed by atoms with E-state index in [0.717, 1.165) is 4.47 Å². The zero-order valence-electron chi connectivity index (χ0n) is 9.45. The maximum absolute atomic E-state index is 6.03. The lowest BCUT2D eigenvalue weighted by molar-refractivity contribution is 1.31. The van der Waals surface area contributed by atoms with Crippen molar-refractivity contribution in [2.75, 3.05) is 10.6 Å². The molecule has 0 aliphatic rings. The van der Waals surface area contributed by atoms with Gasteiger partial charge in [-0.25, -0.2) is 4.98 Å². The van der Waals surface area contributed by atoms with E-state index in [1.807, 2.05) is 6.07 Å². The van der Waals surface area contributed by atoms with Gasteiger partial charge in [0.1, 0.15) is 5.82 Å². The molecule has 2 aromatic rings. The van der Waals surface area contributed by atoms with Gasteiger partial charge in [0.2, 0.25) is 0 Å². The predicted molar refractivity (Wildman–Crippen MR) is 88.2 cm³/mol. The number of anilines is 2. The first kappa shape index (κ1) is 14.5. The molecule has 7 heteroatoms. The number of thiocarbonyl (C=S) groups is 1. The van der Waals surface area contributed by atoms with Gasteiger partial charge in [0.15, 0.2) is 5.11 Å². The van der Waals surface area contributed by atoms with E-state index in [9.17, 15) is 0 Å². The van der Waals surface area contributed by atoms with Gasteiger partial charge in [-0.1, -0.05) is 23.2 Å². The second-order valence-electron chi connectivity index (χ2n) is 3.56. The predicted octanol–water partition coefficient (Wildman–Crippen LogP) is 4.96. The van der Waals surface area contributed by atoms with E-state index in [1.54, 1.807) is 30.5 Å². The summed E-state index contributed by atoms with van der Waals surface area (Å²) in [6.07, 6.45) is 1.68. The molecule has 1 aromatic carbocycles. The summed E-state index contributed by atoms with van der Waals surface area (Å²) in [6, 6.07) is 8.78. The Morgan fingerprint density at radius 1 is 1.16 bits per heavy atom. The van der Waals surface area contributed by atoms with Crippen molar-refractivity contribution in [2.24, 2.45) is 0 Å². The van der Waals surface area contributed by atoms with Crippen molar-refractivity contribution in [2.45, 2.75) is 0 Å². The molecule has 0 aliphatic carbocycles. The Balaban J connectivity index is 2.05. The van der Waals surface area contributed by atoms with Gasteiger partial charge in [-0.05, 0) is 58.5 Å². The van der Waals surface area contributed by atoms with Gasteiger partial charge in [-0.3, -0.25) is 0 Å². The molecule has 0 bridgehead atoms. The smallest absolute Gasteiger partial charge is 0.176 e. The maximum atomic E-state index is 6.03. The summed E-state index contributed by atoms with van der Waals surface area (Å²) in [6.45, 7) is 0. The highest BCUT2D eigenvalue weighted by atomic mass is 79.9. The van der Waals surface area contributed by atoms with Gasteiger partial charge in [0.05, 0.1) is 10.7 Å². The third-order valence-electron chi connectivity index (χ3n) is 2.15. The van der Waals surface area contributed by atoms with E-state index in [0.29, 0.717) is 26.7 Å². The highest BCUT2D eigenvalue weighted by Gasteiger charge is 2.04. The van der Waals surface area contributed by atoms with Crippen molar-refractivity contribution >= 4 is 68.0 Å².